The highest BCUT2D eigenvalue weighted by atomic mass is 79.9. The van der Waals surface area contributed by atoms with E-state index in [4.69, 9.17) is 0 Å². The maximum Gasteiger partial charge on any atom is 0.251 e. The molecule has 2 N–H and O–H groups in total. The molecule has 0 spiro atoms. The molecule has 19 heavy (non-hydrogen) atoms. The van der Waals surface area contributed by atoms with Crippen LogP contribution in [-0.2, 0) is 6.54 Å². The zero-order valence-electron chi connectivity index (χ0n) is 10.4. The minimum Gasteiger partial charge on any atom is -0.370 e. The molecule has 0 fully saturated rings. The summed E-state index contributed by atoms with van der Waals surface area (Å²) in [5, 5.41) is 7.97. The molecule has 0 saturated carbocycles. The molecule has 0 radical (unpaired) electrons. The number of carbonyl (C=O) groups is 1. The van der Waals surface area contributed by atoms with Gasteiger partial charge >= 0.3 is 0 Å². The van der Waals surface area contributed by atoms with Gasteiger partial charge in [0, 0.05) is 33.0 Å². The van der Waals surface area contributed by atoms with Crippen LogP contribution in [0.15, 0.2) is 34.2 Å². The molecule has 2 aromatic rings. The monoisotopic (exact) mass is 339 g/mol. The van der Waals surface area contributed by atoms with E-state index < -0.39 is 0 Å². The summed E-state index contributed by atoms with van der Waals surface area (Å²) in [6.45, 7) is 3.30. The predicted octanol–water partition coefficient (Wildman–Crippen LogP) is 3.27. The molecule has 0 aliphatic carbocycles. The minimum absolute atomic E-state index is 0.0916. The van der Waals surface area contributed by atoms with E-state index in [9.17, 15) is 4.79 Å². The molecule has 6 heteroatoms. The van der Waals surface area contributed by atoms with E-state index in [0.717, 1.165) is 15.9 Å². The van der Waals surface area contributed by atoms with Crippen LogP contribution in [0, 0.1) is 0 Å². The molecule has 100 valence electrons. The first-order valence-corrected chi connectivity index (χ1v) is 7.57. The van der Waals surface area contributed by atoms with Crippen molar-refractivity contribution >= 4 is 39.0 Å². The number of rotatable bonds is 5. The van der Waals surface area contributed by atoms with Crippen molar-refractivity contribution in [3.8, 4) is 0 Å². The predicted molar refractivity (Wildman–Crippen MR) is 81.6 cm³/mol. The molecular weight excluding hydrogens is 326 g/mol. The summed E-state index contributed by atoms with van der Waals surface area (Å²) in [7, 11) is 0. The molecule has 0 aromatic carbocycles. The lowest BCUT2D eigenvalue weighted by Gasteiger charge is -2.06. The Kier molecular flexibility index (Phi) is 4.93. The first-order chi connectivity index (χ1) is 9.19. The van der Waals surface area contributed by atoms with Gasteiger partial charge in [-0.1, -0.05) is 0 Å². The van der Waals surface area contributed by atoms with Crippen LogP contribution >= 0.6 is 27.3 Å². The average Bonchev–Trinajstić information content (AvgIpc) is 2.82. The second kappa shape index (κ2) is 6.68. The molecule has 2 aromatic heterocycles. The normalized spacial score (nSPS) is 10.2. The number of nitrogens with one attached hydrogen (secondary N) is 2. The highest BCUT2D eigenvalue weighted by Gasteiger charge is 2.07. The molecule has 0 unspecified atom stereocenters. The Morgan fingerprint density at radius 3 is 3.00 bits per heavy atom. The number of thiophene rings is 1. The number of hydrogen-bond donors (Lipinski definition) is 2. The third kappa shape index (κ3) is 4.04. The van der Waals surface area contributed by atoms with Crippen molar-refractivity contribution in [1.82, 2.24) is 10.3 Å². The van der Waals surface area contributed by atoms with E-state index in [2.05, 4.69) is 31.5 Å². The summed E-state index contributed by atoms with van der Waals surface area (Å²) in [5.74, 6) is 0.625. The maximum absolute atomic E-state index is 12.0. The van der Waals surface area contributed by atoms with E-state index in [1.165, 1.54) is 0 Å². The number of aromatic nitrogens is 1. The Bertz CT molecular complexity index is 571. The van der Waals surface area contributed by atoms with Gasteiger partial charge in [-0.25, -0.2) is 4.98 Å². The van der Waals surface area contributed by atoms with Crippen molar-refractivity contribution in [2.75, 3.05) is 11.9 Å². The van der Waals surface area contributed by atoms with Crippen molar-refractivity contribution in [1.29, 1.82) is 0 Å². The molecule has 2 heterocycles. The van der Waals surface area contributed by atoms with Crippen LogP contribution in [0.1, 0.15) is 22.2 Å². The minimum atomic E-state index is -0.0916. The van der Waals surface area contributed by atoms with Gasteiger partial charge in [0.15, 0.2) is 0 Å². The fourth-order valence-electron chi connectivity index (χ4n) is 1.57. The van der Waals surface area contributed by atoms with E-state index in [1.54, 1.807) is 29.7 Å². The number of nitrogens with zero attached hydrogens (tertiary/aromatic N) is 1. The van der Waals surface area contributed by atoms with Crippen LogP contribution in [-0.4, -0.2) is 17.4 Å². The van der Waals surface area contributed by atoms with Gasteiger partial charge in [0.05, 0.1) is 6.54 Å². The third-order valence-corrected chi connectivity index (χ3v) is 4.12. The lowest BCUT2D eigenvalue weighted by molar-refractivity contribution is 0.0951. The molecule has 0 aliphatic rings. The van der Waals surface area contributed by atoms with E-state index in [-0.39, 0.29) is 5.91 Å². The van der Waals surface area contributed by atoms with Crippen molar-refractivity contribution in [2.24, 2.45) is 0 Å². The van der Waals surface area contributed by atoms with E-state index >= 15 is 0 Å². The summed E-state index contributed by atoms with van der Waals surface area (Å²) in [6, 6.07) is 5.46. The molecule has 4 nitrogen and oxygen atoms in total. The van der Waals surface area contributed by atoms with Crippen LogP contribution in [0.2, 0.25) is 0 Å². The van der Waals surface area contributed by atoms with E-state index in [0.29, 0.717) is 17.9 Å². The van der Waals surface area contributed by atoms with Gasteiger partial charge in [-0.2, -0.15) is 0 Å². The molecule has 0 aliphatic heterocycles. The van der Waals surface area contributed by atoms with Gasteiger partial charge in [0.1, 0.15) is 5.82 Å². The standard InChI is InChI=1S/C13H14BrN3OS/c1-2-15-12-5-9(3-4-16-12)13(18)17-7-11-6-10(14)8-19-11/h3-6,8H,2,7H2,1H3,(H,15,16)(H,17,18). The van der Waals surface area contributed by atoms with Crippen LogP contribution in [0.25, 0.3) is 0 Å². The smallest absolute Gasteiger partial charge is 0.251 e. The highest BCUT2D eigenvalue weighted by Crippen LogP contribution is 2.19. The van der Waals surface area contributed by atoms with Crippen LogP contribution < -0.4 is 10.6 Å². The first-order valence-electron chi connectivity index (χ1n) is 5.90. The summed E-state index contributed by atoms with van der Waals surface area (Å²) >= 11 is 5.00. The molecule has 0 saturated heterocycles. The van der Waals surface area contributed by atoms with Crippen molar-refractivity contribution in [3.05, 3.63) is 44.7 Å². The number of pyridine rings is 1. The van der Waals surface area contributed by atoms with Crippen molar-refractivity contribution < 1.29 is 4.79 Å². The quantitative estimate of drug-likeness (QED) is 0.878. The second-order valence-corrected chi connectivity index (χ2v) is 5.79. The van der Waals surface area contributed by atoms with Crippen molar-refractivity contribution in [2.45, 2.75) is 13.5 Å². The largest absolute Gasteiger partial charge is 0.370 e. The lowest BCUT2D eigenvalue weighted by Crippen LogP contribution is -2.22. The summed E-state index contributed by atoms with van der Waals surface area (Å²) in [6.07, 6.45) is 1.63. The van der Waals surface area contributed by atoms with Crippen LogP contribution in [0.4, 0.5) is 5.82 Å². The Morgan fingerprint density at radius 2 is 2.32 bits per heavy atom. The molecule has 1 amide bonds. The fraction of sp³-hybridized carbons (Fsp3) is 0.231. The fourth-order valence-corrected chi connectivity index (χ4v) is 2.96. The van der Waals surface area contributed by atoms with Gasteiger partial charge in [-0.15, -0.1) is 11.3 Å². The molecular formula is C13H14BrN3OS. The molecule has 2 rings (SSSR count). The number of carbonyl (C=O) groups excluding carboxylic acids is 1. The van der Waals surface area contributed by atoms with Crippen molar-refractivity contribution in [3.63, 3.8) is 0 Å². The number of anilines is 1. The third-order valence-electron chi connectivity index (χ3n) is 2.42. The average molecular weight is 340 g/mol. The molecule has 0 atom stereocenters. The van der Waals surface area contributed by atoms with Crippen LogP contribution in [0.3, 0.4) is 0 Å². The highest BCUT2D eigenvalue weighted by molar-refractivity contribution is 9.10. The lowest BCUT2D eigenvalue weighted by atomic mass is 10.2. The van der Waals surface area contributed by atoms with Gasteiger partial charge in [-0.05, 0) is 41.1 Å². The zero-order valence-corrected chi connectivity index (χ0v) is 12.8. The van der Waals surface area contributed by atoms with E-state index in [1.807, 2.05) is 18.4 Å². The Balaban J connectivity index is 1.97. The van der Waals surface area contributed by atoms with Gasteiger partial charge in [0.2, 0.25) is 0 Å². The SMILES string of the molecule is CCNc1cc(C(=O)NCc2cc(Br)cs2)ccn1. The van der Waals surface area contributed by atoms with Gasteiger partial charge in [0.25, 0.3) is 5.91 Å². The number of halogens is 1. The Hall–Kier alpha value is -1.40. The summed E-state index contributed by atoms with van der Waals surface area (Å²) < 4.78 is 1.04. The van der Waals surface area contributed by atoms with Gasteiger partial charge < -0.3 is 10.6 Å². The van der Waals surface area contributed by atoms with Crippen LogP contribution in [0.5, 0.6) is 0 Å². The zero-order chi connectivity index (χ0) is 13.7. The summed E-state index contributed by atoms with van der Waals surface area (Å²) in [4.78, 5) is 17.3. The maximum atomic E-state index is 12.0. The Morgan fingerprint density at radius 1 is 1.47 bits per heavy atom. The second-order valence-electron chi connectivity index (χ2n) is 3.87. The topological polar surface area (TPSA) is 54.0 Å². The number of hydrogen-bond acceptors (Lipinski definition) is 4. The first kappa shape index (κ1) is 14.0. The Labute approximate surface area is 124 Å². The number of amides is 1. The molecule has 0 bridgehead atoms. The summed E-state index contributed by atoms with van der Waals surface area (Å²) in [5.41, 5.74) is 0.613. The van der Waals surface area contributed by atoms with Gasteiger partial charge in [-0.3, -0.25) is 4.79 Å².